The van der Waals surface area contributed by atoms with Crippen molar-refractivity contribution in [1.29, 1.82) is 0 Å². The monoisotopic (exact) mass is 358 g/mol. The minimum absolute atomic E-state index is 0.114. The second-order valence-electron chi connectivity index (χ2n) is 5.68. The summed E-state index contributed by atoms with van der Waals surface area (Å²) >= 11 is 5.16. The van der Waals surface area contributed by atoms with E-state index in [1.54, 1.807) is 13.2 Å². The first kappa shape index (κ1) is 18.7. The molecule has 1 amide bonds. The number of anilines is 1. The van der Waals surface area contributed by atoms with Gasteiger partial charge in [-0.25, -0.2) is 0 Å². The lowest BCUT2D eigenvalue weighted by atomic mass is 10.0. The Bertz CT molecular complexity index is 747. The number of thiocarbonyl (C=S) groups is 1. The highest BCUT2D eigenvalue weighted by Gasteiger charge is 2.11. The van der Waals surface area contributed by atoms with Crippen molar-refractivity contribution in [3.05, 3.63) is 54.1 Å². The number of methoxy groups -OCH3 is 1. The van der Waals surface area contributed by atoms with Gasteiger partial charge in [0.05, 0.1) is 12.8 Å². The smallest absolute Gasteiger partial charge is 0.264 e. The number of rotatable bonds is 6. The van der Waals surface area contributed by atoms with Gasteiger partial charge in [-0.1, -0.05) is 44.2 Å². The molecular weight excluding hydrogens is 336 g/mol. The molecule has 0 aliphatic rings. The maximum absolute atomic E-state index is 12.1. The van der Waals surface area contributed by atoms with E-state index in [9.17, 15) is 4.79 Å². The molecule has 0 aromatic heterocycles. The van der Waals surface area contributed by atoms with Crippen LogP contribution in [-0.4, -0.2) is 24.7 Å². The Morgan fingerprint density at radius 3 is 2.40 bits per heavy atom. The molecule has 0 aliphatic heterocycles. The molecule has 0 heterocycles. The third-order valence-corrected chi connectivity index (χ3v) is 3.71. The van der Waals surface area contributed by atoms with Crippen LogP contribution in [0.4, 0.5) is 5.69 Å². The van der Waals surface area contributed by atoms with E-state index in [0.29, 0.717) is 23.1 Å². The third kappa shape index (κ3) is 5.46. The molecule has 0 saturated carbocycles. The van der Waals surface area contributed by atoms with Crippen molar-refractivity contribution in [3.63, 3.8) is 0 Å². The maximum Gasteiger partial charge on any atom is 0.264 e. The molecule has 132 valence electrons. The Kier molecular flexibility index (Phi) is 6.77. The van der Waals surface area contributed by atoms with Gasteiger partial charge >= 0.3 is 0 Å². The average molecular weight is 358 g/mol. The Balaban J connectivity index is 1.89. The molecule has 0 fully saturated rings. The summed E-state index contributed by atoms with van der Waals surface area (Å²) in [5, 5.41) is 5.73. The number of nitrogens with one attached hydrogen (secondary N) is 2. The SMILES string of the molecule is COc1ccccc1NC(=S)NC(=O)COc1ccccc1C(C)C. The van der Waals surface area contributed by atoms with Crippen LogP contribution in [-0.2, 0) is 4.79 Å². The summed E-state index contributed by atoms with van der Waals surface area (Å²) in [6.07, 6.45) is 0. The van der Waals surface area contributed by atoms with Gasteiger partial charge in [0.1, 0.15) is 11.5 Å². The molecule has 0 unspecified atom stereocenters. The molecule has 2 aromatic carbocycles. The quantitative estimate of drug-likeness (QED) is 0.771. The molecule has 0 spiro atoms. The zero-order chi connectivity index (χ0) is 18.2. The van der Waals surface area contributed by atoms with Crippen LogP contribution in [0.3, 0.4) is 0 Å². The molecule has 2 N–H and O–H groups in total. The van der Waals surface area contributed by atoms with Crippen molar-refractivity contribution in [2.24, 2.45) is 0 Å². The fraction of sp³-hybridized carbons (Fsp3) is 0.263. The number of hydrogen-bond acceptors (Lipinski definition) is 4. The Morgan fingerprint density at radius 2 is 1.72 bits per heavy atom. The van der Waals surface area contributed by atoms with Gasteiger partial charge < -0.3 is 14.8 Å². The number of carbonyl (C=O) groups excluding carboxylic acids is 1. The van der Waals surface area contributed by atoms with E-state index >= 15 is 0 Å². The van der Waals surface area contributed by atoms with E-state index in [-0.39, 0.29) is 17.6 Å². The van der Waals surface area contributed by atoms with E-state index in [0.717, 1.165) is 5.56 Å². The fourth-order valence-corrected chi connectivity index (χ4v) is 2.52. The predicted molar refractivity (Wildman–Crippen MR) is 103 cm³/mol. The maximum atomic E-state index is 12.1. The minimum Gasteiger partial charge on any atom is -0.495 e. The first-order valence-corrected chi connectivity index (χ1v) is 8.37. The summed E-state index contributed by atoms with van der Waals surface area (Å²) in [6, 6.07) is 15.0. The highest BCUT2D eigenvalue weighted by atomic mass is 32.1. The molecule has 0 aliphatic carbocycles. The molecular formula is C19H22N2O3S. The first-order chi connectivity index (χ1) is 12.0. The number of carbonyl (C=O) groups is 1. The summed E-state index contributed by atoms with van der Waals surface area (Å²) in [4.78, 5) is 12.1. The zero-order valence-electron chi connectivity index (χ0n) is 14.5. The van der Waals surface area contributed by atoms with Crippen molar-refractivity contribution in [3.8, 4) is 11.5 Å². The molecule has 2 aromatic rings. The van der Waals surface area contributed by atoms with Gasteiger partial charge in [-0.05, 0) is 41.9 Å². The van der Waals surface area contributed by atoms with Gasteiger partial charge in [0.2, 0.25) is 0 Å². The van der Waals surface area contributed by atoms with Crippen LogP contribution in [0.2, 0.25) is 0 Å². The van der Waals surface area contributed by atoms with Crippen molar-refractivity contribution in [2.45, 2.75) is 19.8 Å². The summed E-state index contributed by atoms with van der Waals surface area (Å²) in [5.74, 6) is 1.33. The lowest BCUT2D eigenvalue weighted by Crippen LogP contribution is -2.37. The Morgan fingerprint density at radius 1 is 1.08 bits per heavy atom. The molecule has 25 heavy (non-hydrogen) atoms. The highest BCUT2D eigenvalue weighted by Crippen LogP contribution is 2.25. The summed E-state index contributed by atoms with van der Waals surface area (Å²) in [5.41, 5.74) is 1.74. The van der Waals surface area contributed by atoms with Gasteiger partial charge in [0, 0.05) is 0 Å². The van der Waals surface area contributed by atoms with Gasteiger partial charge in [-0.3, -0.25) is 10.1 Å². The zero-order valence-corrected chi connectivity index (χ0v) is 15.4. The van der Waals surface area contributed by atoms with Crippen molar-refractivity contribution in [2.75, 3.05) is 19.0 Å². The number of para-hydroxylation sites is 3. The fourth-order valence-electron chi connectivity index (χ4n) is 2.30. The average Bonchev–Trinajstić information content (AvgIpc) is 2.60. The molecule has 0 atom stereocenters. The summed E-state index contributed by atoms with van der Waals surface area (Å²) in [7, 11) is 1.57. The lowest BCUT2D eigenvalue weighted by Gasteiger charge is -2.15. The van der Waals surface area contributed by atoms with Crippen LogP contribution in [0.15, 0.2) is 48.5 Å². The van der Waals surface area contributed by atoms with E-state index in [4.69, 9.17) is 21.7 Å². The van der Waals surface area contributed by atoms with Crippen molar-refractivity contribution in [1.82, 2.24) is 5.32 Å². The molecule has 2 rings (SSSR count). The Hall–Kier alpha value is -2.60. The molecule has 5 nitrogen and oxygen atoms in total. The van der Waals surface area contributed by atoms with E-state index in [1.807, 2.05) is 42.5 Å². The van der Waals surface area contributed by atoms with E-state index in [2.05, 4.69) is 24.5 Å². The van der Waals surface area contributed by atoms with Gasteiger partial charge in [-0.15, -0.1) is 0 Å². The number of amides is 1. The van der Waals surface area contributed by atoms with Crippen LogP contribution in [0.5, 0.6) is 11.5 Å². The van der Waals surface area contributed by atoms with Gasteiger partial charge in [0.15, 0.2) is 11.7 Å². The number of hydrogen-bond donors (Lipinski definition) is 2. The number of ether oxygens (including phenoxy) is 2. The van der Waals surface area contributed by atoms with Crippen molar-refractivity contribution >= 4 is 28.9 Å². The number of benzene rings is 2. The standard InChI is InChI=1S/C19H22N2O3S/c1-13(2)14-8-4-6-10-16(14)24-12-18(22)21-19(25)20-15-9-5-7-11-17(15)23-3/h4-11,13H,12H2,1-3H3,(H2,20,21,22,25). The Labute approximate surface area is 153 Å². The van der Waals surface area contributed by atoms with E-state index in [1.165, 1.54) is 0 Å². The van der Waals surface area contributed by atoms with Gasteiger partial charge in [0.25, 0.3) is 5.91 Å². The molecule has 0 radical (unpaired) electrons. The van der Waals surface area contributed by atoms with Crippen molar-refractivity contribution < 1.29 is 14.3 Å². The summed E-state index contributed by atoms with van der Waals surface area (Å²) in [6.45, 7) is 4.04. The first-order valence-electron chi connectivity index (χ1n) is 7.97. The normalized spacial score (nSPS) is 10.2. The lowest BCUT2D eigenvalue weighted by molar-refractivity contribution is -0.121. The second-order valence-corrected chi connectivity index (χ2v) is 6.09. The predicted octanol–water partition coefficient (Wildman–Crippen LogP) is 3.71. The molecule has 6 heteroatoms. The van der Waals surface area contributed by atoms with Crippen LogP contribution < -0.4 is 20.1 Å². The van der Waals surface area contributed by atoms with Crippen LogP contribution in [0.1, 0.15) is 25.3 Å². The second kappa shape index (κ2) is 9.03. The minimum atomic E-state index is -0.328. The highest BCUT2D eigenvalue weighted by molar-refractivity contribution is 7.80. The van der Waals surface area contributed by atoms with Gasteiger partial charge in [-0.2, -0.15) is 0 Å². The third-order valence-electron chi connectivity index (χ3n) is 3.51. The summed E-state index contributed by atoms with van der Waals surface area (Å²) < 4.78 is 10.9. The van der Waals surface area contributed by atoms with Crippen LogP contribution in [0.25, 0.3) is 0 Å². The van der Waals surface area contributed by atoms with E-state index < -0.39 is 0 Å². The molecule has 0 saturated heterocycles. The largest absolute Gasteiger partial charge is 0.495 e. The van der Waals surface area contributed by atoms with Crippen LogP contribution >= 0.6 is 12.2 Å². The molecule has 0 bridgehead atoms. The van der Waals surface area contributed by atoms with Crippen LogP contribution in [0, 0.1) is 0 Å². The topological polar surface area (TPSA) is 59.6 Å².